The van der Waals surface area contributed by atoms with Gasteiger partial charge in [-0.25, -0.2) is 5.43 Å². The predicted octanol–water partition coefficient (Wildman–Crippen LogP) is 4.44. The molecular formula is C25H23N3O3. The first kappa shape index (κ1) is 21.6. The molecule has 0 bridgehead atoms. The minimum atomic E-state index is -0.408. The third kappa shape index (κ3) is 6.21. The Balaban J connectivity index is 1.75. The van der Waals surface area contributed by atoms with Crippen molar-refractivity contribution in [1.82, 2.24) is 5.43 Å². The van der Waals surface area contributed by atoms with Gasteiger partial charge in [-0.15, -0.1) is 0 Å². The fourth-order valence-corrected chi connectivity index (χ4v) is 2.85. The second kappa shape index (κ2) is 10.6. The zero-order valence-corrected chi connectivity index (χ0v) is 17.2. The van der Waals surface area contributed by atoms with Crippen LogP contribution in [0.4, 0.5) is 5.69 Å². The highest BCUT2D eigenvalue weighted by atomic mass is 16.2. The number of hydrogen-bond donors (Lipinski definition) is 2. The average molecular weight is 413 g/mol. The molecule has 2 amide bonds. The number of hydrazone groups is 1. The number of hydrogen-bond acceptors (Lipinski definition) is 4. The summed E-state index contributed by atoms with van der Waals surface area (Å²) in [6.07, 6.45) is 0.428. The Bertz CT molecular complexity index is 1080. The summed E-state index contributed by atoms with van der Waals surface area (Å²) in [6.45, 7) is 1.77. The second-order valence-corrected chi connectivity index (χ2v) is 6.81. The van der Waals surface area contributed by atoms with Gasteiger partial charge in [0.15, 0.2) is 5.78 Å². The lowest BCUT2D eigenvalue weighted by molar-refractivity contribution is -0.115. The molecule has 0 heterocycles. The molecule has 0 aromatic heterocycles. The van der Waals surface area contributed by atoms with Gasteiger partial charge in [0.2, 0.25) is 5.91 Å². The quantitative estimate of drug-likeness (QED) is 0.325. The molecule has 0 aliphatic rings. The van der Waals surface area contributed by atoms with E-state index in [0.29, 0.717) is 28.9 Å². The van der Waals surface area contributed by atoms with Gasteiger partial charge in [0, 0.05) is 23.2 Å². The van der Waals surface area contributed by atoms with Crippen LogP contribution in [0.2, 0.25) is 0 Å². The van der Waals surface area contributed by atoms with Crippen molar-refractivity contribution in [2.75, 3.05) is 5.32 Å². The molecule has 0 radical (unpaired) electrons. The van der Waals surface area contributed by atoms with Crippen molar-refractivity contribution >= 4 is 29.0 Å². The monoisotopic (exact) mass is 413 g/mol. The number of ketones is 1. The highest BCUT2D eigenvalue weighted by Crippen LogP contribution is 2.12. The molecule has 0 spiro atoms. The number of Topliss-reactive ketones (excluding diaryl/α,β-unsaturated/α-hetero) is 1. The van der Waals surface area contributed by atoms with Crippen molar-refractivity contribution in [1.29, 1.82) is 0 Å². The molecule has 0 saturated heterocycles. The standard InChI is InChI=1S/C25H23N3O3/c1-2-24(30)26-21-15-13-20(14-16-21)25(31)28-27-22(18-9-5-3-6-10-18)17-23(29)19-11-7-4-8-12-19/h3-16H,2,17H2,1H3,(H,26,30)(H,28,31)/b27-22+. The minimum absolute atomic E-state index is 0.0519. The normalized spacial score (nSPS) is 10.9. The second-order valence-electron chi connectivity index (χ2n) is 6.81. The van der Waals surface area contributed by atoms with E-state index in [1.54, 1.807) is 55.5 Å². The molecule has 3 rings (SSSR count). The molecule has 6 heteroatoms. The smallest absolute Gasteiger partial charge is 0.271 e. The number of amides is 2. The first-order valence-electron chi connectivity index (χ1n) is 9.97. The summed E-state index contributed by atoms with van der Waals surface area (Å²) in [5.41, 5.74) is 5.35. The molecule has 0 atom stereocenters. The number of carbonyl (C=O) groups is 3. The van der Waals surface area contributed by atoms with Gasteiger partial charge >= 0.3 is 0 Å². The summed E-state index contributed by atoms with van der Waals surface area (Å²) in [4.78, 5) is 36.7. The van der Waals surface area contributed by atoms with Crippen LogP contribution in [0.15, 0.2) is 90.0 Å². The van der Waals surface area contributed by atoms with Gasteiger partial charge in [-0.1, -0.05) is 67.6 Å². The van der Waals surface area contributed by atoms with Gasteiger partial charge in [0.1, 0.15) is 0 Å². The number of rotatable bonds is 8. The average Bonchev–Trinajstić information content (AvgIpc) is 2.82. The van der Waals surface area contributed by atoms with E-state index >= 15 is 0 Å². The van der Waals surface area contributed by atoms with Crippen molar-refractivity contribution in [3.8, 4) is 0 Å². The van der Waals surface area contributed by atoms with Crippen LogP contribution in [0, 0.1) is 0 Å². The molecule has 0 fully saturated rings. The van der Waals surface area contributed by atoms with E-state index in [-0.39, 0.29) is 18.1 Å². The highest BCUT2D eigenvalue weighted by Gasteiger charge is 2.13. The van der Waals surface area contributed by atoms with Crippen molar-refractivity contribution in [2.24, 2.45) is 5.10 Å². The van der Waals surface area contributed by atoms with Crippen LogP contribution < -0.4 is 10.7 Å². The van der Waals surface area contributed by atoms with E-state index in [0.717, 1.165) is 5.56 Å². The lowest BCUT2D eigenvalue weighted by atomic mass is 10.0. The molecule has 0 saturated carbocycles. The Labute approximate surface area is 181 Å². The topological polar surface area (TPSA) is 87.6 Å². The summed E-state index contributed by atoms with van der Waals surface area (Å²) >= 11 is 0. The zero-order valence-electron chi connectivity index (χ0n) is 17.2. The highest BCUT2D eigenvalue weighted by molar-refractivity contribution is 6.16. The Morgan fingerprint density at radius 3 is 1.90 bits per heavy atom. The third-order valence-corrected chi connectivity index (χ3v) is 4.58. The molecule has 31 heavy (non-hydrogen) atoms. The van der Waals surface area contributed by atoms with Crippen molar-refractivity contribution in [3.63, 3.8) is 0 Å². The van der Waals surface area contributed by atoms with E-state index in [4.69, 9.17) is 0 Å². The fourth-order valence-electron chi connectivity index (χ4n) is 2.85. The number of anilines is 1. The van der Waals surface area contributed by atoms with Crippen LogP contribution in [0.3, 0.4) is 0 Å². The summed E-state index contributed by atoms with van der Waals surface area (Å²) in [7, 11) is 0. The molecule has 3 aromatic carbocycles. The first-order valence-corrected chi connectivity index (χ1v) is 9.97. The summed E-state index contributed by atoms with van der Waals surface area (Å²) < 4.78 is 0. The van der Waals surface area contributed by atoms with E-state index in [2.05, 4.69) is 15.8 Å². The molecule has 0 aliphatic heterocycles. The molecule has 0 aliphatic carbocycles. The molecule has 2 N–H and O–H groups in total. The Morgan fingerprint density at radius 2 is 1.32 bits per heavy atom. The van der Waals surface area contributed by atoms with E-state index in [1.165, 1.54) is 0 Å². The van der Waals surface area contributed by atoms with Gasteiger partial charge in [0.25, 0.3) is 5.91 Å². The van der Waals surface area contributed by atoms with Crippen LogP contribution in [0.25, 0.3) is 0 Å². The predicted molar refractivity (Wildman–Crippen MR) is 121 cm³/mol. The van der Waals surface area contributed by atoms with E-state index in [1.807, 2.05) is 36.4 Å². The maximum Gasteiger partial charge on any atom is 0.271 e. The maximum atomic E-state index is 12.7. The van der Waals surface area contributed by atoms with Crippen molar-refractivity contribution in [3.05, 3.63) is 102 Å². The Kier molecular flexibility index (Phi) is 7.43. The molecular weight excluding hydrogens is 390 g/mol. The number of nitrogens with zero attached hydrogens (tertiary/aromatic N) is 1. The van der Waals surface area contributed by atoms with Gasteiger partial charge in [-0.3, -0.25) is 14.4 Å². The molecule has 156 valence electrons. The SMILES string of the molecule is CCC(=O)Nc1ccc(C(=O)N/N=C(\CC(=O)c2ccccc2)c2ccccc2)cc1. The van der Waals surface area contributed by atoms with Crippen LogP contribution in [-0.4, -0.2) is 23.3 Å². The number of nitrogens with one attached hydrogen (secondary N) is 2. The van der Waals surface area contributed by atoms with E-state index < -0.39 is 5.91 Å². The summed E-state index contributed by atoms with van der Waals surface area (Å²) in [6, 6.07) is 24.7. The zero-order chi connectivity index (χ0) is 22.1. The molecule has 3 aromatic rings. The molecule has 0 unspecified atom stereocenters. The largest absolute Gasteiger partial charge is 0.326 e. The molecule has 6 nitrogen and oxygen atoms in total. The van der Waals surface area contributed by atoms with Crippen molar-refractivity contribution in [2.45, 2.75) is 19.8 Å². The Hall–Kier alpha value is -4.06. The third-order valence-electron chi connectivity index (χ3n) is 4.58. The number of carbonyl (C=O) groups excluding carboxylic acids is 3. The lowest BCUT2D eigenvalue weighted by Gasteiger charge is -2.08. The van der Waals surface area contributed by atoms with Crippen LogP contribution in [0.1, 0.15) is 46.0 Å². The van der Waals surface area contributed by atoms with Crippen LogP contribution in [-0.2, 0) is 4.79 Å². The van der Waals surface area contributed by atoms with Gasteiger partial charge in [0.05, 0.1) is 12.1 Å². The minimum Gasteiger partial charge on any atom is -0.326 e. The lowest BCUT2D eigenvalue weighted by Crippen LogP contribution is -2.21. The van der Waals surface area contributed by atoms with Crippen LogP contribution >= 0.6 is 0 Å². The van der Waals surface area contributed by atoms with Gasteiger partial charge < -0.3 is 5.32 Å². The summed E-state index contributed by atoms with van der Waals surface area (Å²) in [5.74, 6) is -0.597. The first-order chi connectivity index (χ1) is 15.1. The number of benzene rings is 3. The van der Waals surface area contributed by atoms with Gasteiger partial charge in [-0.05, 0) is 29.8 Å². The van der Waals surface area contributed by atoms with Crippen LogP contribution in [0.5, 0.6) is 0 Å². The summed E-state index contributed by atoms with van der Waals surface area (Å²) in [5, 5.41) is 6.98. The Morgan fingerprint density at radius 1 is 0.742 bits per heavy atom. The van der Waals surface area contributed by atoms with Gasteiger partial charge in [-0.2, -0.15) is 5.10 Å². The van der Waals surface area contributed by atoms with Crippen molar-refractivity contribution < 1.29 is 14.4 Å². The maximum absolute atomic E-state index is 12.7. The van der Waals surface area contributed by atoms with E-state index in [9.17, 15) is 14.4 Å². The fraction of sp³-hybridized carbons (Fsp3) is 0.120.